The number of hydrogen-bond acceptors (Lipinski definition) is 10. The lowest BCUT2D eigenvalue weighted by molar-refractivity contribution is -0.146. The summed E-state index contributed by atoms with van der Waals surface area (Å²) in [6, 6.07) is 21.0. The Balaban J connectivity index is 1.13. The summed E-state index contributed by atoms with van der Waals surface area (Å²) < 4.78 is 11.0. The number of amides is 3. The van der Waals surface area contributed by atoms with Crippen molar-refractivity contribution in [1.29, 1.82) is 0 Å². The van der Waals surface area contributed by atoms with Crippen LogP contribution in [0.2, 0.25) is 0 Å². The van der Waals surface area contributed by atoms with Crippen LogP contribution >= 0.6 is 0 Å². The lowest BCUT2D eigenvalue weighted by Crippen LogP contribution is -2.43. The predicted octanol–water partition coefficient (Wildman–Crippen LogP) is 5.59. The Kier molecular flexibility index (Phi) is 16.2. The molecule has 5 rings (SSSR count). The number of benzene rings is 3. The first-order chi connectivity index (χ1) is 28.9. The standard InChI is InChI=1S/C47H55N5O8/c1-6-51(31(3)4)32(5)27-29-60-47(58)38(50-46(57)35-21-23-37(24-22-35)49-42-43(55)44(56)45(42)59-7-2)17-12-13-28-48-40(53)25-26-41(54)52-30-36-16-9-8-14-33(36)19-20-34-15-10-11-18-39(34)52/h8-11,14-16,18,21-24,31-32,38,49H,6-7,12-13,17,25-30H2,1-5H3,(H,48,53)(H,50,57)/t32?,38-/m0/s1. The summed E-state index contributed by atoms with van der Waals surface area (Å²) in [4.78, 5) is 81.1. The predicted molar refractivity (Wildman–Crippen MR) is 232 cm³/mol. The largest absolute Gasteiger partial charge is 0.488 e. The first-order valence-corrected chi connectivity index (χ1v) is 20.7. The molecule has 0 aromatic heterocycles. The maximum absolute atomic E-state index is 13.6. The summed E-state index contributed by atoms with van der Waals surface area (Å²) >= 11 is 0. The fourth-order valence-corrected chi connectivity index (χ4v) is 7.24. The van der Waals surface area contributed by atoms with Crippen LogP contribution in [0.3, 0.4) is 0 Å². The third kappa shape index (κ3) is 11.7. The zero-order valence-electron chi connectivity index (χ0n) is 35.1. The molecule has 3 amide bonds. The zero-order chi connectivity index (χ0) is 43.2. The molecule has 4 aromatic carbocycles. The zero-order valence-corrected chi connectivity index (χ0v) is 35.1. The summed E-state index contributed by atoms with van der Waals surface area (Å²) in [6.07, 6.45) is 1.93. The highest BCUT2D eigenvalue weighted by molar-refractivity contribution is 5.98. The highest BCUT2D eigenvalue weighted by Gasteiger charge is 2.26. The van der Waals surface area contributed by atoms with Crippen LogP contribution in [0.25, 0.3) is 0 Å². The number of nitrogens with zero attached hydrogens (tertiary/aromatic N) is 2. The second-order valence-corrected chi connectivity index (χ2v) is 15.0. The van der Waals surface area contributed by atoms with Crippen LogP contribution < -0.4 is 36.4 Å². The topological polar surface area (TPSA) is 163 Å². The highest BCUT2D eigenvalue weighted by Crippen LogP contribution is 2.27. The Labute approximate surface area is 351 Å². The molecule has 0 fully saturated rings. The van der Waals surface area contributed by atoms with Crippen molar-refractivity contribution in [2.24, 2.45) is 0 Å². The van der Waals surface area contributed by atoms with E-state index in [-0.39, 0.29) is 67.3 Å². The molecule has 316 valence electrons. The Hall–Kier alpha value is -6.26. The molecular weight excluding hydrogens is 763 g/mol. The van der Waals surface area contributed by atoms with Crippen LogP contribution in [0.1, 0.15) is 100 Å². The molecule has 1 aliphatic heterocycles. The molecule has 0 radical (unpaired) electrons. The summed E-state index contributed by atoms with van der Waals surface area (Å²) in [5, 5.41) is 8.58. The number of anilines is 3. The Morgan fingerprint density at radius 2 is 1.53 bits per heavy atom. The average molecular weight is 818 g/mol. The van der Waals surface area contributed by atoms with Crippen molar-refractivity contribution in [3.63, 3.8) is 0 Å². The van der Waals surface area contributed by atoms with Gasteiger partial charge < -0.3 is 30.3 Å². The van der Waals surface area contributed by atoms with Gasteiger partial charge in [0.2, 0.25) is 11.8 Å². The van der Waals surface area contributed by atoms with Gasteiger partial charge >= 0.3 is 5.97 Å². The van der Waals surface area contributed by atoms with Gasteiger partial charge in [-0.3, -0.25) is 28.9 Å². The molecule has 1 aliphatic rings. The van der Waals surface area contributed by atoms with Crippen LogP contribution in [0.4, 0.5) is 17.1 Å². The van der Waals surface area contributed by atoms with Gasteiger partial charge in [-0.15, -0.1) is 0 Å². The molecule has 13 nitrogen and oxygen atoms in total. The van der Waals surface area contributed by atoms with Crippen LogP contribution in [-0.4, -0.2) is 73.0 Å². The lowest BCUT2D eigenvalue weighted by atomic mass is 10.0. The average Bonchev–Trinajstić information content (AvgIpc) is 3.24. The fourth-order valence-electron chi connectivity index (χ4n) is 7.24. The minimum Gasteiger partial charge on any atom is -0.488 e. The van der Waals surface area contributed by atoms with Gasteiger partial charge in [0.15, 0.2) is 5.75 Å². The molecule has 0 saturated heterocycles. The van der Waals surface area contributed by atoms with Crippen molar-refractivity contribution in [2.45, 2.75) is 97.8 Å². The van der Waals surface area contributed by atoms with E-state index in [1.165, 1.54) is 0 Å². The normalized spacial score (nSPS) is 12.9. The molecule has 0 bridgehead atoms. The molecule has 0 spiro atoms. The molecular formula is C47H55N5O8. The van der Waals surface area contributed by atoms with Gasteiger partial charge in [0.25, 0.3) is 16.8 Å². The van der Waals surface area contributed by atoms with Gasteiger partial charge in [-0.05, 0) is 108 Å². The van der Waals surface area contributed by atoms with E-state index in [0.29, 0.717) is 49.8 Å². The van der Waals surface area contributed by atoms with Crippen LogP contribution in [0.5, 0.6) is 5.75 Å². The van der Waals surface area contributed by atoms with Gasteiger partial charge in [-0.25, -0.2) is 4.79 Å². The number of carbonyl (C=O) groups excluding carboxylic acids is 4. The fraction of sp³-hybridized carbons (Fsp3) is 0.404. The minimum atomic E-state index is -0.945. The van der Waals surface area contributed by atoms with Gasteiger partial charge in [-0.1, -0.05) is 49.1 Å². The van der Waals surface area contributed by atoms with Crippen LogP contribution in [-0.2, 0) is 25.7 Å². The van der Waals surface area contributed by atoms with Crippen molar-refractivity contribution >= 4 is 40.8 Å². The van der Waals surface area contributed by atoms with Crippen molar-refractivity contribution in [3.05, 3.63) is 115 Å². The molecule has 0 saturated carbocycles. The Morgan fingerprint density at radius 3 is 2.25 bits per heavy atom. The van der Waals surface area contributed by atoms with E-state index in [9.17, 15) is 28.8 Å². The monoisotopic (exact) mass is 817 g/mol. The van der Waals surface area contributed by atoms with Crippen molar-refractivity contribution in [1.82, 2.24) is 15.5 Å². The van der Waals surface area contributed by atoms with Gasteiger partial charge in [-0.2, -0.15) is 0 Å². The van der Waals surface area contributed by atoms with Gasteiger partial charge in [0.05, 0.1) is 25.4 Å². The van der Waals surface area contributed by atoms with Crippen molar-refractivity contribution < 1.29 is 28.7 Å². The van der Waals surface area contributed by atoms with E-state index in [1.807, 2.05) is 48.5 Å². The van der Waals surface area contributed by atoms with Crippen molar-refractivity contribution in [2.75, 3.05) is 36.5 Å². The Morgan fingerprint density at radius 1 is 0.833 bits per heavy atom. The maximum Gasteiger partial charge on any atom is 0.328 e. The number of esters is 1. The van der Waals surface area contributed by atoms with E-state index in [2.05, 4.69) is 60.4 Å². The third-order valence-electron chi connectivity index (χ3n) is 10.5. The molecule has 4 aromatic rings. The number of unbranched alkanes of at least 4 members (excludes halogenated alkanes) is 1. The molecule has 13 heteroatoms. The molecule has 60 heavy (non-hydrogen) atoms. The van der Waals surface area contributed by atoms with Crippen LogP contribution in [0, 0.1) is 11.8 Å². The number of fused-ring (bicyclic) bond motifs is 2. The second-order valence-electron chi connectivity index (χ2n) is 15.0. The quantitative estimate of drug-likeness (QED) is 0.0419. The molecule has 2 atom stereocenters. The number of hydrogen-bond donors (Lipinski definition) is 3. The lowest BCUT2D eigenvalue weighted by Gasteiger charge is -2.31. The summed E-state index contributed by atoms with van der Waals surface area (Å²) in [5.41, 5.74) is 2.70. The number of ether oxygens (including phenoxy) is 2. The summed E-state index contributed by atoms with van der Waals surface area (Å²) in [6.45, 7) is 12.1. The summed E-state index contributed by atoms with van der Waals surface area (Å²) in [5.74, 6) is 4.89. The number of para-hydroxylation sites is 1. The summed E-state index contributed by atoms with van der Waals surface area (Å²) in [7, 11) is 0. The van der Waals surface area contributed by atoms with E-state index < -0.39 is 28.8 Å². The smallest absolute Gasteiger partial charge is 0.328 e. The Bertz CT molecular complexity index is 2270. The van der Waals surface area contributed by atoms with E-state index in [0.717, 1.165) is 23.2 Å². The highest BCUT2D eigenvalue weighted by atomic mass is 16.5. The van der Waals surface area contributed by atoms with Gasteiger partial charge in [0, 0.05) is 53.8 Å². The molecule has 0 aliphatic carbocycles. The second kappa shape index (κ2) is 21.7. The van der Waals surface area contributed by atoms with Crippen LogP contribution in [0.15, 0.2) is 82.4 Å². The van der Waals surface area contributed by atoms with Gasteiger partial charge in [0.1, 0.15) is 11.7 Å². The number of carbonyl (C=O) groups is 4. The molecule has 1 heterocycles. The first kappa shape index (κ1) is 44.8. The molecule has 3 N–H and O–H groups in total. The first-order valence-electron chi connectivity index (χ1n) is 20.7. The van der Waals surface area contributed by atoms with Crippen molar-refractivity contribution in [3.8, 4) is 17.6 Å². The SMILES string of the molecule is CCOc1c(Nc2ccc(C(=O)N[C@@H](CCCCNC(=O)CCC(=O)N3Cc4ccccc4C#Cc4ccccc43)C(=O)OCCC(C)N(CC)C(C)C)cc2)c(=O)c1=O. The third-order valence-corrected chi connectivity index (χ3v) is 10.5. The van der Waals surface area contributed by atoms with E-state index in [4.69, 9.17) is 9.47 Å². The van der Waals surface area contributed by atoms with E-state index in [1.54, 1.807) is 36.1 Å². The maximum atomic E-state index is 13.6. The number of rotatable bonds is 21. The number of nitrogens with one attached hydrogen (secondary N) is 3. The minimum absolute atomic E-state index is 0.00848. The molecule has 1 unspecified atom stereocenters. The van der Waals surface area contributed by atoms with E-state index >= 15 is 0 Å².